The number of fused-ring (bicyclic) bond motifs is 1. The van der Waals surface area contributed by atoms with Gasteiger partial charge in [-0.2, -0.15) is 0 Å². The Balaban J connectivity index is 1.76. The van der Waals surface area contributed by atoms with E-state index in [0.29, 0.717) is 0 Å². The minimum absolute atomic E-state index is 0.0491. The van der Waals surface area contributed by atoms with Gasteiger partial charge in [0.15, 0.2) is 0 Å². The van der Waals surface area contributed by atoms with Gasteiger partial charge in [-0.15, -0.1) is 11.3 Å². The van der Waals surface area contributed by atoms with E-state index < -0.39 is 15.8 Å². The molecule has 7 heteroatoms. The molecule has 0 saturated heterocycles. The van der Waals surface area contributed by atoms with Crippen molar-refractivity contribution < 1.29 is 12.8 Å². The number of rotatable bonds is 4. The van der Waals surface area contributed by atoms with Crippen LogP contribution in [0.5, 0.6) is 0 Å². The number of sulfonamides is 1. The quantitative estimate of drug-likeness (QED) is 0.867. The van der Waals surface area contributed by atoms with Gasteiger partial charge >= 0.3 is 0 Å². The van der Waals surface area contributed by atoms with Gasteiger partial charge in [-0.05, 0) is 65.0 Å². The third kappa shape index (κ3) is 3.21. The fourth-order valence-corrected chi connectivity index (χ4v) is 5.76. The van der Waals surface area contributed by atoms with Gasteiger partial charge in [0, 0.05) is 20.8 Å². The standard InChI is InChI=1S/C14H13BrFNO2S2/c15-12-7-10(16)4-5-14(12)21(18,19)17-8-11-6-9-2-1-3-13(9)20-11/h4-7,17H,1-3,8H2. The van der Waals surface area contributed by atoms with E-state index in [1.54, 1.807) is 11.3 Å². The molecule has 0 unspecified atom stereocenters. The van der Waals surface area contributed by atoms with E-state index in [-0.39, 0.29) is 15.9 Å². The predicted octanol–water partition coefficient (Wildman–Crippen LogP) is 3.62. The maximum atomic E-state index is 13.0. The lowest BCUT2D eigenvalue weighted by atomic mass is 10.2. The number of hydrogen-bond donors (Lipinski definition) is 1. The van der Waals surface area contributed by atoms with Crippen molar-refractivity contribution in [1.82, 2.24) is 4.72 Å². The Bertz CT molecular complexity index is 765. The third-order valence-electron chi connectivity index (χ3n) is 3.42. The van der Waals surface area contributed by atoms with Crippen molar-refractivity contribution in [2.75, 3.05) is 0 Å². The summed E-state index contributed by atoms with van der Waals surface area (Å²) in [5.41, 5.74) is 1.34. The summed E-state index contributed by atoms with van der Waals surface area (Å²) >= 11 is 4.75. The Hall–Kier alpha value is -0.760. The Morgan fingerprint density at radius 2 is 2.10 bits per heavy atom. The molecule has 1 N–H and O–H groups in total. The smallest absolute Gasteiger partial charge is 0.207 e. The average molecular weight is 390 g/mol. The van der Waals surface area contributed by atoms with Crippen molar-refractivity contribution in [3.63, 3.8) is 0 Å². The largest absolute Gasteiger partial charge is 0.242 e. The van der Waals surface area contributed by atoms with E-state index in [2.05, 4.69) is 26.7 Å². The lowest BCUT2D eigenvalue weighted by molar-refractivity contribution is 0.580. The van der Waals surface area contributed by atoms with Crippen molar-refractivity contribution in [2.45, 2.75) is 30.7 Å². The van der Waals surface area contributed by atoms with E-state index >= 15 is 0 Å². The summed E-state index contributed by atoms with van der Waals surface area (Å²) in [6.45, 7) is 0.268. The molecule has 1 aliphatic rings. The maximum absolute atomic E-state index is 13.0. The molecule has 3 rings (SSSR count). The zero-order valence-corrected chi connectivity index (χ0v) is 14.2. The van der Waals surface area contributed by atoms with Gasteiger partial charge in [0.05, 0.1) is 4.90 Å². The molecule has 1 aromatic carbocycles. The van der Waals surface area contributed by atoms with Crippen molar-refractivity contribution in [3.8, 4) is 0 Å². The minimum atomic E-state index is -3.66. The highest BCUT2D eigenvalue weighted by molar-refractivity contribution is 9.10. The molecular formula is C14H13BrFNO2S2. The first kappa shape index (κ1) is 15.1. The highest BCUT2D eigenvalue weighted by Crippen LogP contribution is 2.31. The van der Waals surface area contributed by atoms with Gasteiger partial charge in [0.25, 0.3) is 0 Å². The van der Waals surface area contributed by atoms with Crippen molar-refractivity contribution in [3.05, 3.63) is 49.9 Å². The number of halogens is 2. The first-order chi connectivity index (χ1) is 9.95. The van der Waals surface area contributed by atoms with E-state index in [0.717, 1.165) is 29.9 Å². The Kier molecular flexibility index (Phi) is 4.18. The van der Waals surface area contributed by atoms with Gasteiger partial charge in [-0.3, -0.25) is 0 Å². The molecule has 0 bridgehead atoms. The molecule has 21 heavy (non-hydrogen) atoms. The normalized spacial score (nSPS) is 14.4. The van der Waals surface area contributed by atoms with Crippen LogP contribution in [0.15, 0.2) is 33.6 Å². The molecule has 1 heterocycles. The fourth-order valence-electron chi connectivity index (χ4n) is 2.41. The highest BCUT2D eigenvalue weighted by atomic mass is 79.9. The summed E-state index contributed by atoms with van der Waals surface area (Å²) in [5.74, 6) is -0.476. The van der Waals surface area contributed by atoms with Crippen LogP contribution in [0, 0.1) is 5.82 Å². The molecule has 0 radical (unpaired) electrons. The van der Waals surface area contributed by atoms with Crippen molar-refractivity contribution >= 4 is 37.3 Å². The van der Waals surface area contributed by atoms with Crippen LogP contribution in [0.25, 0.3) is 0 Å². The summed E-state index contributed by atoms with van der Waals surface area (Å²) in [4.78, 5) is 2.43. The molecule has 3 nitrogen and oxygen atoms in total. The fraction of sp³-hybridized carbons (Fsp3) is 0.286. The summed E-state index contributed by atoms with van der Waals surface area (Å²) in [6.07, 6.45) is 3.37. The van der Waals surface area contributed by atoms with Gasteiger partial charge < -0.3 is 0 Å². The van der Waals surface area contributed by atoms with E-state index in [9.17, 15) is 12.8 Å². The zero-order valence-electron chi connectivity index (χ0n) is 11.0. The van der Waals surface area contributed by atoms with Gasteiger partial charge in [0.1, 0.15) is 5.82 Å². The first-order valence-electron chi connectivity index (χ1n) is 6.51. The van der Waals surface area contributed by atoms with Crippen LogP contribution >= 0.6 is 27.3 Å². The molecule has 0 amide bonds. The lowest BCUT2D eigenvalue weighted by Gasteiger charge is -2.07. The predicted molar refractivity (Wildman–Crippen MR) is 84.5 cm³/mol. The van der Waals surface area contributed by atoms with E-state index in [4.69, 9.17) is 0 Å². The van der Waals surface area contributed by atoms with Crippen molar-refractivity contribution in [2.24, 2.45) is 0 Å². The Morgan fingerprint density at radius 1 is 1.29 bits per heavy atom. The molecular weight excluding hydrogens is 377 g/mol. The van der Waals surface area contributed by atoms with Crippen molar-refractivity contribution in [1.29, 1.82) is 0 Å². The SMILES string of the molecule is O=S(=O)(NCc1cc2c(s1)CCC2)c1ccc(F)cc1Br. The second-order valence-corrected chi connectivity index (χ2v) is 8.72. The van der Waals surface area contributed by atoms with Crippen LogP contribution in [0.2, 0.25) is 0 Å². The maximum Gasteiger partial charge on any atom is 0.242 e. The monoisotopic (exact) mass is 389 g/mol. The third-order valence-corrected chi connectivity index (χ3v) is 7.03. The summed E-state index contributed by atoms with van der Waals surface area (Å²) in [7, 11) is -3.66. The van der Waals surface area contributed by atoms with Crippen LogP contribution in [-0.2, 0) is 29.4 Å². The van der Waals surface area contributed by atoms with Crippen LogP contribution in [0.4, 0.5) is 4.39 Å². The second-order valence-electron chi connectivity index (χ2n) is 4.91. The highest BCUT2D eigenvalue weighted by Gasteiger charge is 2.20. The number of nitrogens with one attached hydrogen (secondary N) is 1. The molecule has 112 valence electrons. The summed E-state index contributed by atoms with van der Waals surface area (Å²) in [5, 5.41) is 0. The van der Waals surface area contributed by atoms with Gasteiger partial charge in [-0.25, -0.2) is 17.5 Å². The Labute approximate surface area is 135 Å². The molecule has 0 spiro atoms. The zero-order chi connectivity index (χ0) is 15.0. The van der Waals surface area contributed by atoms with Gasteiger partial charge in [-0.1, -0.05) is 0 Å². The Morgan fingerprint density at radius 3 is 2.81 bits per heavy atom. The molecule has 0 fully saturated rings. The summed E-state index contributed by atoms with van der Waals surface area (Å²) < 4.78 is 40.3. The van der Waals surface area contributed by atoms with E-state index in [1.165, 1.54) is 22.9 Å². The van der Waals surface area contributed by atoms with E-state index in [1.807, 2.05) is 0 Å². The lowest BCUT2D eigenvalue weighted by Crippen LogP contribution is -2.23. The molecule has 0 atom stereocenters. The van der Waals surface area contributed by atoms with Gasteiger partial charge in [0.2, 0.25) is 10.0 Å². The molecule has 0 saturated carbocycles. The summed E-state index contributed by atoms with van der Waals surface area (Å²) in [6, 6.07) is 5.62. The number of benzene rings is 1. The van der Waals surface area contributed by atoms with Crippen LogP contribution in [0.3, 0.4) is 0 Å². The number of thiophene rings is 1. The molecule has 2 aromatic rings. The minimum Gasteiger partial charge on any atom is -0.207 e. The average Bonchev–Trinajstić information content (AvgIpc) is 2.96. The molecule has 1 aromatic heterocycles. The van der Waals surface area contributed by atoms with Crippen LogP contribution in [-0.4, -0.2) is 8.42 Å². The first-order valence-corrected chi connectivity index (χ1v) is 9.60. The number of aryl methyl sites for hydroxylation is 2. The second kappa shape index (κ2) is 5.79. The molecule has 0 aliphatic heterocycles. The van der Waals surface area contributed by atoms with Crippen LogP contribution < -0.4 is 4.72 Å². The topological polar surface area (TPSA) is 46.2 Å². The molecule has 1 aliphatic carbocycles. The van der Waals surface area contributed by atoms with Crippen LogP contribution in [0.1, 0.15) is 21.7 Å². The number of hydrogen-bond acceptors (Lipinski definition) is 3.